The Morgan fingerprint density at radius 3 is 2.12 bits per heavy atom. The number of rotatable bonds is 3. The minimum atomic E-state index is -4.93. The molecule has 102 valence electrons. The summed E-state index contributed by atoms with van der Waals surface area (Å²) in [4.78, 5) is 11.2. The van der Waals surface area contributed by atoms with Crippen molar-refractivity contribution in [1.29, 1.82) is 0 Å². The first-order chi connectivity index (χ1) is 7.43. The van der Waals surface area contributed by atoms with Crippen LogP contribution in [-0.4, -0.2) is 54.6 Å². The van der Waals surface area contributed by atoms with Gasteiger partial charge in [-0.1, -0.05) is 0 Å². The minimum absolute atomic E-state index is 0.309. The maximum Gasteiger partial charge on any atom is 0.416 e. The van der Waals surface area contributed by atoms with E-state index in [-0.39, 0.29) is 0 Å². The van der Waals surface area contributed by atoms with Crippen LogP contribution in [0.4, 0.5) is 31.1 Å². The number of nitrogens with one attached hydrogen (secondary N) is 1. The maximum atomic E-state index is 11.9. The van der Waals surface area contributed by atoms with Gasteiger partial charge in [-0.3, -0.25) is 0 Å². The van der Waals surface area contributed by atoms with E-state index >= 15 is 0 Å². The Morgan fingerprint density at radius 1 is 1.29 bits per heavy atom. The summed E-state index contributed by atoms with van der Waals surface area (Å²) in [7, 11) is 0.834. The fraction of sp³-hybridized carbons (Fsp3) is 0.857. The van der Waals surface area contributed by atoms with Gasteiger partial charge in [0, 0.05) is 7.05 Å². The number of urea groups is 1. The molecule has 10 heteroatoms. The van der Waals surface area contributed by atoms with E-state index in [4.69, 9.17) is 5.11 Å². The molecule has 0 bridgehead atoms. The summed E-state index contributed by atoms with van der Waals surface area (Å²) in [5, 5.41) is 9.93. The quantitative estimate of drug-likeness (QED) is 0.753. The molecule has 0 aromatic carbocycles. The average molecular weight is 268 g/mol. The van der Waals surface area contributed by atoms with Crippen molar-refractivity contribution in [2.24, 2.45) is 0 Å². The third kappa shape index (κ3) is 6.87. The molecule has 2 N–H and O–H groups in total. The number of likely N-dealkylation sites (N-methyl/N-ethyl adjacent to an activating group) is 1. The van der Waals surface area contributed by atoms with E-state index in [1.54, 1.807) is 0 Å². The van der Waals surface area contributed by atoms with Crippen molar-refractivity contribution in [3.8, 4) is 0 Å². The lowest BCUT2D eigenvalue weighted by atomic mass is 10.3. The van der Waals surface area contributed by atoms with E-state index in [1.807, 2.05) is 0 Å². The normalized spacial score (nSPS) is 14.4. The van der Waals surface area contributed by atoms with Crippen LogP contribution in [0.25, 0.3) is 0 Å². The molecular weight excluding hydrogens is 258 g/mol. The van der Waals surface area contributed by atoms with Gasteiger partial charge in [0.15, 0.2) is 6.10 Å². The second-order valence-electron chi connectivity index (χ2n) is 3.21. The average Bonchev–Trinajstić information content (AvgIpc) is 2.11. The smallest absolute Gasteiger partial charge is 0.382 e. The molecule has 0 aliphatic rings. The number of hydrogen-bond donors (Lipinski definition) is 2. The molecule has 0 fully saturated rings. The van der Waals surface area contributed by atoms with Gasteiger partial charge >= 0.3 is 18.4 Å². The molecule has 0 radical (unpaired) electrons. The maximum absolute atomic E-state index is 11.9. The van der Waals surface area contributed by atoms with Crippen molar-refractivity contribution >= 4 is 6.03 Å². The highest BCUT2D eigenvalue weighted by Gasteiger charge is 2.39. The molecule has 2 amide bonds. The third-order valence-electron chi connectivity index (χ3n) is 1.61. The van der Waals surface area contributed by atoms with E-state index in [2.05, 4.69) is 0 Å². The molecule has 0 heterocycles. The summed E-state index contributed by atoms with van der Waals surface area (Å²) >= 11 is 0. The van der Waals surface area contributed by atoms with Gasteiger partial charge < -0.3 is 15.3 Å². The van der Waals surface area contributed by atoms with Crippen LogP contribution in [0.5, 0.6) is 0 Å². The van der Waals surface area contributed by atoms with E-state index in [1.165, 1.54) is 5.32 Å². The second-order valence-corrected chi connectivity index (χ2v) is 3.21. The lowest BCUT2D eigenvalue weighted by Crippen LogP contribution is -2.47. The zero-order chi connectivity index (χ0) is 13.9. The van der Waals surface area contributed by atoms with E-state index < -0.39 is 37.6 Å². The van der Waals surface area contributed by atoms with Gasteiger partial charge in [0.05, 0.1) is 6.54 Å². The topological polar surface area (TPSA) is 52.6 Å². The predicted octanol–water partition coefficient (Wildman–Crippen LogP) is 1.11. The first-order valence-corrected chi connectivity index (χ1v) is 4.24. The van der Waals surface area contributed by atoms with Crippen molar-refractivity contribution in [3.05, 3.63) is 0 Å². The monoisotopic (exact) mass is 268 g/mol. The summed E-state index contributed by atoms with van der Waals surface area (Å²) in [5.41, 5.74) is 0. The number of amides is 2. The van der Waals surface area contributed by atoms with Gasteiger partial charge in [-0.2, -0.15) is 26.3 Å². The Morgan fingerprint density at radius 2 is 1.76 bits per heavy atom. The number of alkyl halides is 6. The third-order valence-corrected chi connectivity index (χ3v) is 1.61. The molecule has 0 saturated carbocycles. The van der Waals surface area contributed by atoms with Gasteiger partial charge in [0.2, 0.25) is 0 Å². The lowest BCUT2D eigenvalue weighted by Gasteiger charge is -2.22. The molecule has 0 rings (SSSR count). The van der Waals surface area contributed by atoms with Crippen LogP contribution in [0.3, 0.4) is 0 Å². The Bertz CT molecular complexity index is 264. The van der Waals surface area contributed by atoms with Crippen molar-refractivity contribution in [2.75, 3.05) is 20.1 Å². The molecule has 0 aliphatic carbocycles. The van der Waals surface area contributed by atoms with Gasteiger partial charge in [0.1, 0.15) is 6.54 Å². The summed E-state index contributed by atoms with van der Waals surface area (Å²) in [5.74, 6) is 0. The largest absolute Gasteiger partial charge is 0.416 e. The van der Waals surface area contributed by atoms with Crippen LogP contribution in [0, 0.1) is 0 Å². The molecule has 1 unspecified atom stereocenters. The van der Waals surface area contributed by atoms with Gasteiger partial charge in [0.25, 0.3) is 0 Å². The first-order valence-electron chi connectivity index (χ1n) is 4.24. The molecule has 1 atom stereocenters. The molecule has 0 aromatic heterocycles. The zero-order valence-electron chi connectivity index (χ0n) is 8.56. The molecule has 0 saturated heterocycles. The van der Waals surface area contributed by atoms with E-state index in [0.717, 1.165) is 7.05 Å². The summed E-state index contributed by atoms with van der Waals surface area (Å²) in [6.07, 6.45) is -12.4. The van der Waals surface area contributed by atoms with Crippen molar-refractivity contribution < 1.29 is 36.2 Å². The van der Waals surface area contributed by atoms with Crippen LogP contribution < -0.4 is 5.32 Å². The van der Waals surface area contributed by atoms with Crippen LogP contribution in [0.1, 0.15) is 0 Å². The highest BCUT2D eigenvalue weighted by Crippen LogP contribution is 2.20. The molecule has 0 aliphatic heterocycles. The van der Waals surface area contributed by atoms with Crippen LogP contribution in [0.15, 0.2) is 0 Å². The molecule has 17 heavy (non-hydrogen) atoms. The van der Waals surface area contributed by atoms with Gasteiger partial charge in [-0.25, -0.2) is 4.79 Å². The summed E-state index contributed by atoms with van der Waals surface area (Å²) in [6.45, 7) is -2.80. The Labute approximate surface area is 92.2 Å². The second kappa shape index (κ2) is 5.43. The fourth-order valence-electron chi connectivity index (χ4n) is 0.757. The Kier molecular flexibility index (Phi) is 5.05. The zero-order valence-corrected chi connectivity index (χ0v) is 8.56. The highest BCUT2D eigenvalue weighted by molar-refractivity contribution is 5.73. The van der Waals surface area contributed by atoms with E-state index in [9.17, 15) is 31.1 Å². The molecule has 4 nitrogen and oxygen atoms in total. The van der Waals surface area contributed by atoms with E-state index in [0.29, 0.717) is 4.90 Å². The van der Waals surface area contributed by atoms with Crippen LogP contribution >= 0.6 is 0 Å². The van der Waals surface area contributed by atoms with Crippen molar-refractivity contribution in [2.45, 2.75) is 18.5 Å². The van der Waals surface area contributed by atoms with Crippen molar-refractivity contribution in [1.82, 2.24) is 10.2 Å². The fourth-order valence-corrected chi connectivity index (χ4v) is 0.757. The highest BCUT2D eigenvalue weighted by atomic mass is 19.4. The number of nitrogens with zero attached hydrogens (tertiary/aromatic N) is 1. The van der Waals surface area contributed by atoms with Crippen LogP contribution in [-0.2, 0) is 0 Å². The SMILES string of the molecule is CN(CC(O)C(F)(F)F)C(=O)NCC(F)(F)F. The number of aliphatic hydroxyl groups excluding tert-OH is 1. The summed E-state index contributed by atoms with van der Waals surface area (Å²) in [6, 6.07) is -1.36. The summed E-state index contributed by atoms with van der Waals surface area (Å²) < 4.78 is 70.6. The van der Waals surface area contributed by atoms with Gasteiger partial charge in [-0.05, 0) is 0 Å². The number of carbonyl (C=O) groups is 1. The predicted molar refractivity (Wildman–Crippen MR) is 44.1 cm³/mol. The van der Waals surface area contributed by atoms with Crippen LogP contribution in [0.2, 0.25) is 0 Å². The number of carbonyl (C=O) groups excluding carboxylic acids is 1. The Hall–Kier alpha value is -1.19. The minimum Gasteiger partial charge on any atom is -0.382 e. The first kappa shape index (κ1) is 15.8. The standard InChI is InChI=1S/C7H10F6N2O2/c1-15(2-4(16)7(11,12)13)5(17)14-3-6(8,9)10/h4,16H,2-3H2,1H3,(H,14,17). The van der Waals surface area contributed by atoms with Crippen molar-refractivity contribution in [3.63, 3.8) is 0 Å². The molecular formula is C7H10F6N2O2. The number of aliphatic hydroxyl groups is 1. The van der Waals surface area contributed by atoms with Gasteiger partial charge in [-0.15, -0.1) is 0 Å². The number of halogens is 6. The lowest BCUT2D eigenvalue weighted by molar-refractivity contribution is -0.205. The molecule has 0 spiro atoms. The number of hydrogen-bond acceptors (Lipinski definition) is 2. The molecule has 0 aromatic rings. The Balaban J connectivity index is 4.15.